The van der Waals surface area contributed by atoms with E-state index in [0.717, 1.165) is 43.0 Å². The SMILES string of the molecule is CN1CCC(NCc2ccc(N(C(=O)OC(C)(C)C)c3ncc4cnn([C@H]5C[C@H]6CC[C@@H]5C6)c4n3)cc2)CC1. The topological polar surface area (TPSA) is 88.4 Å². The van der Waals surface area contributed by atoms with E-state index in [-0.39, 0.29) is 0 Å². The summed E-state index contributed by atoms with van der Waals surface area (Å²) in [6, 6.07) is 8.95. The van der Waals surface area contributed by atoms with Crippen molar-refractivity contribution in [1.29, 1.82) is 0 Å². The first kappa shape index (κ1) is 26.2. The predicted molar refractivity (Wildman–Crippen MR) is 152 cm³/mol. The van der Waals surface area contributed by atoms with Gasteiger partial charge in [0.15, 0.2) is 5.65 Å². The van der Waals surface area contributed by atoms with Crippen molar-refractivity contribution in [2.75, 3.05) is 25.0 Å². The van der Waals surface area contributed by atoms with Crippen LogP contribution in [0.1, 0.15) is 70.9 Å². The maximum absolute atomic E-state index is 13.5. The molecule has 208 valence electrons. The van der Waals surface area contributed by atoms with Gasteiger partial charge in [-0.15, -0.1) is 0 Å². The molecule has 2 bridgehead atoms. The summed E-state index contributed by atoms with van der Waals surface area (Å²) in [6.45, 7) is 8.67. The minimum Gasteiger partial charge on any atom is -0.443 e. The summed E-state index contributed by atoms with van der Waals surface area (Å²) in [5.41, 5.74) is 1.98. The predicted octanol–water partition coefficient (Wildman–Crippen LogP) is 5.44. The van der Waals surface area contributed by atoms with Crippen molar-refractivity contribution in [3.63, 3.8) is 0 Å². The van der Waals surface area contributed by atoms with Gasteiger partial charge < -0.3 is 15.0 Å². The average Bonchev–Trinajstić information content (AvgIpc) is 3.64. The molecule has 3 aromatic rings. The molecule has 0 radical (unpaired) electrons. The number of carbonyl (C=O) groups is 1. The van der Waals surface area contributed by atoms with Crippen LogP contribution in [0.5, 0.6) is 0 Å². The second-order valence-electron chi connectivity index (χ2n) is 12.7. The smallest absolute Gasteiger partial charge is 0.421 e. The van der Waals surface area contributed by atoms with E-state index in [0.29, 0.717) is 29.6 Å². The standard InChI is InChI=1S/C30H41N7O2/c1-30(2,3)39-29(38)36(25-9-6-20(7-10-25)17-31-24-11-13-35(4)14-12-24)28-32-18-23-19-33-37(27(23)34-28)26-16-21-5-8-22(26)15-21/h6-7,9-10,18-19,21-22,24,26,31H,5,8,11-17H2,1-4H3/t21-,22+,26-/m0/s1. The number of nitrogens with one attached hydrogen (secondary N) is 1. The fraction of sp³-hybridized carbons (Fsp3) is 0.600. The third kappa shape index (κ3) is 5.65. The van der Waals surface area contributed by atoms with Crippen LogP contribution >= 0.6 is 0 Å². The Morgan fingerprint density at radius 1 is 1.08 bits per heavy atom. The Morgan fingerprint density at radius 3 is 2.51 bits per heavy atom. The van der Waals surface area contributed by atoms with Crippen molar-refractivity contribution >= 4 is 28.8 Å². The lowest BCUT2D eigenvalue weighted by Gasteiger charge is -2.29. The molecule has 6 rings (SSSR count). The van der Waals surface area contributed by atoms with Gasteiger partial charge in [-0.2, -0.15) is 10.1 Å². The van der Waals surface area contributed by atoms with Gasteiger partial charge in [-0.3, -0.25) is 0 Å². The molecule has 9 heteroatoms. The molecule has 3 aliphatic rings. The molecule has 39 heavy (non-hydrogen) atoms. The van der Waals surface area contributed by atoms with Crippen molar-refractivity contribution in [3.8, 4) is 0 Å². The zero-order valence-electron chi connectivity index (χ0n) is 23.6. The minimum absolute atomic E-state index is 0.304. The molecule has 1 aliphatic heterocycles. The number of amides is 1. The maximum Gasteiger partial charge on any atom is 0.421 e. The zero-order chi connectivity index (χ0) is 27.1. The molecule has 2 aromatic heterocycles. The Labute approximate surface area is 230 Å². The molecule has 0 spiro atoms. The molecule has 1 saturated heterocycles. The highest BCUT2D eigenvalue weighted by molar-refractivity contribution is 5.95. The number of benzene rings is 1. The van der Waals surface area contributed by atoms with Crippen LogP contribution in [0.15, 0.2) is 36.7 Å². The van der Waals surface area contributed by atoms with Crippen LogP contribution in [0.4, 0.5) is 16.4 Å². The zero-order valence-corrected chi connectivity index (χ0v) is 23.6. The van der Waals surface area contributed by atoms with E-state index in [9.17, 15) is 4.79 Å². The Kier molecular flexibility index (Phi) is 7.05. The molecule has 3 heterocycles. The minimum atomic E-state index is -0.651. The summed E-state index contributed by atoms with van der Waals surface area (Å²) in [6.07, 6.45) is 10.5. The van der Waals surface area contributed by atoms with Crippen molar-refractivity contribution in [1.82, 2.24) is 30.0 Å². The number of hydrogen-bond donors (Lipinski definition) is 1. The van der Waals surface area contributed by atoms with Gasteiger partial charge in [0, 0.05) is 18.8 Å². The van der Waals surface area contributed by atoms with Crippen molar-refractivity contribution in [3.05, 3.63) is 42.2 Å². The lowest BCUT2D eigenvalue weighted by molar-refractivity contribution is 0.0597. The number of anilines is 2. The van der Waals surface area contributed by atoms with Crippen LogP contribution < -0.4 is 10.2 Å². The molecule has 3 fully saturated rings. The van der Waals surface area contributed by atoms with Gasteiger partial charge in [0.05, 0.1) is 23.3 Å². The normalized spacial score (nSPS) is 23.9. The summed E-state index contributed by atoms with van der Waals surface area (Å²) in [7, 11) is 2.18. The second-order valence-corrected chi connectivity index (χ2v) is 12.7. The van der Waals surface area contributed by atoms with Crippen molar-refractivity contribution in [2.24, 2.45) is 11.8 Å². The van der Waals surface area contributed by atoms with E-state index in [1.165, 1.54) is 42.6 Å². The molecule has 2 saturated carbocycles. The molecule has 2 aliphatic carbocycles. The van der Waals surface area contributed by atoms with E-state index >= 15 is 0 Å². The first-order chi connectivity index (χ1) is 18.7. The van der Waals surface area contributed by atoms with E-state index in [1.54, 1.807) is 6.20 Å². The number of likely N-dealkylation sites (tertiary alicyclic amines) is 1. The highest BCUT2D eigenvalue weighted by Gasteiger charge is 2.41. The molecule has 9 nitrogen and oxygen atoms in total. The lowest BCUT2D eigenvalue weighted by Crippen LogP contribution is -2.40. The number of carbonyl (C=O) groups excluding carboxylic acids is 1. The maximum atomic E-state index is 13.5. The average molecular weight is 532 g/mol. The number of ether oxygens (including phenoxy) is 1. The van der Waals surface area contributed by atoms with Crippen LogP contribution in [0.3, 0.4) is 0 Å². The number of hydrogen-bond acceptors (Lipinski definition) is 7. The van der Waals surface area contributed by atoms with Crippen LogP contribution in [0.2, 0.25) is 0 Å². The molecule has 1 amide bonds. The number of rotatable bonds is 6. The molecule has 0 unspecified atom stereocenters. The van der Waals surface area contributed by atoms with Crippen LogP contribution in [0.25, 0.3) is 11.0 Å². The number of aromatic nitrogens is 4. The third-order valence-corrected chi connectivity index (χ3v) is 8.62. The van der Waals surface area contributed by atoms with E-state index < -0.39 is 11.7 Å². The van der Waals surface area contributed by atoms with E-state index in [1.807, 2.05) is 39.1 Å². The van der Waals surface area contributed by atoms with Gasteiger partial charge in [-0.1, -0.05) is 18.6 Å². The lowest BCUT2D eigenvalue weighted by atomic mass is 9.95. The molecule has 1 aromatic carbocycles. The summed E-state index contributed by atoms with van der Waals surface area (Å²) >= 11 is 0. The number of piperidine rings is 1. The second kappa shape index (κ2) is 10.5. The highest BCUT2D eigenvalue weighted by atomic mass is 16.6. The van der Waals surface area contributed by atoms with Gasteiger partial charge in [-0.05, 0) is 103 Å². The highest BCUT2D eigenvalue weighted by Crippen LogP contribution is 2.51. The first-order valence-electron chi connectivity index (χ1n) is 14.5. The fourth-order valence-corrected chi connectivity index (χ4v) is 6.54. The van der Waals surface area contributed by atoms with E-state index in [2.05, 4.69) is 39.1 Å². The fourth-order valence-electron chi connectivity index (χ4n) is 6.54. The largest absolute Gasteiger partial charge is 0.443 e. The van der Waals surface area contributed by atoms with Crippen molar-refractivity contribution < 1.29 is 9.53 Å². The Bertz CT molecular complexity index is 1310. The van der Waals surface area contributed by atoms with Crippen LogP contribution in [-0.4, -0.2) is 62.5 Å². The van der Waals surface area contributed by atoms with Gasteiger partial charge in [0.2, 0.25) is 5.95 Å². The number of nitrogens with zero attached hydrogens (tertiary/aromatic N) is 6. The summed E-state index contributed by atoms with van der Waals surface area (Å²) in [5.74, 6) is 1.76. The molecular formula is C30H41N7O2. The van der Waals surface area contributed by atoms with Crippen molar-refractivity contribution in [2.45, 2.75) is 83.5 Å². The first-order valence-corrected chi connectivity index (χ1v) is 14.5. The van der Waals surface area contributed by atoms with Gasteiger partial charge in [-0.25, -0.2) is 19.4 Å². The third-order valence-electron chi connectivity index (χ3n) is 8.62. The van der Waals surface area contributed by atoms with Gasteiger partial charge >= 0.3 is 6.09 Å². The Balaban J connectivity index is 1.26. The summed E-state index contributed by atoms with van der Waals surface area (Å²) in [5, 5.41) is 9.30. The summed E-state index contributed by atoms with van der Waals surface area (Å²) in [4.78, 5) is 26.9. The van der Waals surface area contributed by atoms with Gasteiger partial charge in [0.25, 0.3) is 0 Å². The van der Waals surface area contributed by atoms with Gasteiger partial charge in [0.1, 0.15) is 5.60 Å². The van der Waals surface area contributed by atoms with E-state index in [4.69, 9.17) is 14.8 Å². The Hall–Kier alpha value is -3.04. The van der Waals surface area contributed by atoms with Crippen LogP contribution in [0, 0.1) is 11.8 Å². The quantitative estimate of drug-likeness (QED) is 0.453. The number of fused-ring (bicyclic) bond motifs is 3. The monoisotopic (exact) mass is 531 g/mol. The molecular weight excluding hydrogens is 490 g/mol. The molecule has 1 N–H and O–H groups in total. The summed E-state index contributed by atoms with van der Waals surface area (Å²) < 4.78 is 7.89. The molecule has 3 atom stereocenters. The van der Waals surface area contributed by atoms with Crippen LogP contribution in [-0.2, 0) is 11.3 Å². The Morgan fingerprint density at radius 2 is 1.85 bits per heavy atom.